The van der Waals surface area contributed by atoms with E-state index in [0.717, 1.165) is 36.6 Å². The van der Waals surface area contributed by atoms with Crippen molar-refractivity contribution < 1.29 is 4.79 Å². The van der Waals surface area contributed by atoms with Crippen LogP contribution in [0.2, 0.25) is 0 Å². The first-order valence-electron chi connectivity index (χ1n) is 7.66. The molecule has 0 aromatic carbocycles. The van der Waals surface area contributed by atoms with Crippen LogP contribution in [-0.4, -0.2) is 35.5 Å². The van der Waals surface area contributed by atoms with Gasteiger partial charge in [-0.25, -0.2) is 9.97 Å². The molecule has 6 heteroatoms. The Bertz CT molecular complexity index is 448. The Labute approximate surface area is 127 Å². The van der Waals surface area contributed by atoms with Crippen LogP contribution in [0.5, 0.6) is 0 Å². The third-order valence-electron chi connectivity index (χ3n) is 2.97. The quantitative estimate of drug-likeness (QED) is 0.649. The molecule has 3 N–H and O–H groups in total. The highest BCUT2D eigenvalue weighted by Gasteiger charge is 2.10. The fraction of sp³-hybridized carbons (Fsp3) is 0.667. The molecular formula is C15H27N5O. The molecule has 118 valence electrons. The molecule has 6 nitrogen and oxygen atoms in total. The molecule has 1 amide bonds. The minimum Gasteiger partial charge on any atom is -0.370 e. The number of nitrogens with one attached hydrogen (secondary N) is 3. The number of rotatable bonds is 9. The van der Waals surface area contributed by atoms with Crippen LogP contribution in [0, 0.1) is 5.92 Å². The van der Waals surface area contributed by atoms with Crippen LogP contribution in [-0.2, 0) is 11.2 Å². The van der Waals surface area contributed by atoms with Crippen LogP contribution in [0.4, 0.5) is 11.6 Å². The summed E-state index contributed by atoms with van der Waals surface area (Å²) < 4.78 is 0. The number of carbonyl (C=O) groups is 1. The van der Waals surface area contributed by atoms with Crippen LogP contribution >= 0.6 is 0 Å². The maximum absolute atomic E-state index is 11.7. The number of nitrogens with zero attached hydrogens (tertiary/aromatic N) is 2. The van der Waals surface area contributed by atoms with Crippen molar-refractivity contribution in [2.45, 2.75) is 40.5 Å². The second-order valence-corrected chi connectivity index (χ2v) is 5.38. The molecule has 1 aromatic rings. The van der Waals surface area contributed by atoms with E-state index in [4.69, 9.17) is 0 Å². The molecule has 21 heavy (non-hydrogen) atoms. The van der Waals surface area contributed by atoms with Gasteiger partial charge in [0.1, 0.15) is 18.0 Å². The van der Waals surface area contributed by atoms with Gasteiger partial charge in [-0.2, -0.15) is 0 Å². The maximum Gasteiger partial charge on any atom is 0.239 e. The van der Waals surface area contributed by atoms with Crippen molar-refractivity contribution in [1.29, 1.82) is 0 Å². The SMILES string of the molecule is CCCNc1ncnc(NCC(=O)NCC(C)C)c1CC. The fourth-order valence-electron chi connectivity index (χ4n) is 1.84. The highest BCUT2D eigenvalue weighted by Crippen LogP contribution is 2.20. The minimum absolute atomic E-state index is 0.0209. The molecule has 0 spiro atoms. The molecule has 0 aliphatic carbocycles. The highest BCUT2D eigenvalue weighted by molar-refractivity contribution is 5.80. The predicted molar refractivity (Wildman–Crippen MR) is 86.5 cm³/mol. The summed E-state index contributed by atoms with van der Waals surface area (Å²) in [5.41, 5.74) is 1.02. The average molecular weight is 293 g/mol. The molecule has 0 bridgehead atoms. The van der Waals surface area contributed by atoms with E-state index in [1.54, 1.807) is 0 Å². The van der Waals surface area contributed by atoms with Crippen LogP contribution in [0.3, 0.4) is 0 Å². The van der Waals surface area contributed by atoms with Gasteiger partial charge in [0, 0.05) is 18.7 Å². The van der Waals surface area contributed by atoms with Crippen molar-refractivity contribution in [3.8, 4) is 0 Å². The first-order valence-corrected chi connectivity index (χ1v) is 7.66. The molecule has 1 heterocycles. The Hall–Kier alpha value is -1.85. The molecule has 0 aliphatic rings. The molecule has 0 aliphatic heterocycles. The lowest BCUT2D eigenvalue weighted by atomic mass is 10.2. The van der Waals surface area contributed by atoms with Crippen molar-refractivity contribution in [2.75, 3.05) is 30.3 Å². The number of hydrogen-bond acceptors (Lipinski definition) is 5. The number of hydrogen-bond donors (Lipinski definition) is 3. The molecule has 0 radical (unpaired) electrons. The lowest BCUT2D eigenvalue weighted by Crippen LogP contribution is -2.32. The molecule has 0 fully saturated rings. The van der Waals surface area contributed by atoms with Crippen LogP contribution in [0.15, 0.2) is 6.33 Å². The minimum atomic E-state index is -0.0209. The molecule has 1 rings (SSSR count). The topological polar surface area (TPSA) is 78.9 Å². The summed E-state index contributed by atoms with van der Waals surface area (Å²) in [6.45, 7) is 10.1. The Morgan fingerprint density at radius 1 is 1.19 bits per heavy atom. The summed E-state index contributed by atoms with van der Waals surface area (Å²) in [7, 11) is 0. The van der Waals surface area contributed by atoms with Gasteiger partial charge < -0.3 is 16.0 Å². The zero-order valence-corrected chi connectivity index (χ0v) is 13.5. The normalized spacial score (nSPS) is 10.5. The van der Waals surface area contributed by atoms with E-state index in [1.807, 2.05) is 0 Å². The highest BCUT2D eigenvalue weighted by atomic mass is 16.1. The van der Waals surface area contributed by atoms with Crippen molar-refractivity contribution >= 4 is 17.5 Å². The van der Waals surface area contributed by atoms with Crippen LogP contribution in [0.1, 0.15) is 39.7 Å². The lowest BCUT2D eigenvalue weighted by Gasteiger charge is -2.14. The van der Waals surface area contributed by atoms with E-state index in [1.165, 1.54) is 6.33 Å². The Balaban J connectivity index is 2.63. The predicted octanol–water partition coefficient (Wildman–Crippen LogP) is 2.04. The summed E-state index contributed by atoms with van der Waals surface area (Å²) in [5, 5.41) is 9.27. The number of aromatic nitrogens is 2. The molecule has 0 atom stereocenters. The van der Waals surface area contributed by atoms with Gasteiger partial charge in [-0.3, -0.25) is 4.79 Å². The van der Waals surface area contributed by atoms with Gasteiger partial charge in [-0.05, 0) is 18.8 Å². The Kier molecular flexibility index (Phi) is 7.50. The zero-order valence-electron chi connectivity index (χ0n) is 13.5. The van der Waals surface area contributed by atoms with E-state index >= 15 is 0 Å². The molecule has 1 aromatic heterocycles. The average Bonchev–Trinajstić information content (AvgIpc) is 2.48. The van der Waals surface area contributed by atoms with Gasteiger partial charge in [0.25, 0.3) is 0 Å². The first-order chi connectivity index (χ1) is 10.1. The molecule has 0 unspecified atom stereocenters. The van der Waals surface area contributed by atoms with E-state index in [-0.39, 0.29) is 12.5 Å². The third kappa shape index (κ3) is 5.97. The number of carbonyl (C=O) groups excluding carboxylic acids is 1. The Morgan fingerprint density at radius 2 is 1.86 bits per heavy atom. The second-order valence-electron chi connectivity index (χ2n) is 5.38. The molecule has 0 saturated carbocycles. The molecular weight excluding hydrogens is 266 g/mol. The number of anilines is 2. The van der Waals surface area contributed by atoms with E-state index < -0.39 is 0 Å². The van der Waals surface area contributed by atoms with Gasteiger partial charge in [0.2, 0.25) is 5.91 Å². The van der Waals surface area contributed by atoms with Gasteiger partial charge in [-0.1, -0.05) is 27.7 Å². The van der Waals surface area contributed by atoms with E-state index in [0.29, 0.717) is 12.5 Å². The van der Waals surface area contributed by atoms with Gasteiger partial charge in [0.05, 0.1) is 6.54 Å². The Morgan fingerprint density at radius 3 is 2.43 bits per heavy atom. The monoisotopic (exact) mass is 293 g/mol. The van der Waals surface area contributed by atoms with Crippen LogP contribution in [0.25, 0.3) is 0 Å². The summed E-state index contributed by atoms with van der Waals surface area (Å²) >= 11 is 0. The smallest absolute Gasteiger partial charge is 0.239 e. The van der Waals surface area contributed by atoms with Crippen molar-refractivity contribution in [1.82, 2.24) is 15.3 Å². The van der Waals surface area contributed by atoms with Crippen molar-refractivity contribution in [3.63, 3.8) is 0 Å². The van der Waals surface area contributed by atoms with Gasteiger partial charge in [0.15, 0.2) is 0 Å². The summed E-state index contributed by atoms with van der Waals surface area (Å²) in [5.74, 6) is 2.00. The summed E-state index contributed by atoms with van der Waals surface area (Å²) in [4.78, 5) is 20.3. The van der Waals surface area contributed by atoms with Crippen molar-refractivity contribution in [2.24, 2.45) is 5.92 Å². The largest absolute Gasteiger partial charge is 0.370 e. The molecule has 0 saturated heterocycles. The number of amides is 1. The van der Waals surface area contributed by atoms with Gasteiger partial charge >= 0.3 is 0 Å². The van der Waals surface area contributed by atoms with Crippen LogP contribution < -0.4 is 16.0 Å². The van der Waals surface area contributed by atoms with Crippen molar-refractivity contribution in [3.05, 3.63) is 11.9 Å². The van der Waals surface area contributed by atoms with E-state index in [9.17, 15) is 4.79 Å². The lowest BCUT2D eigenvalue weighted by molar-refractivity contribution is -0.119. The first kappa shape index (κ1) is 17.2. The fourth-order valence-corrected chi connectivity index (χ4v) is 1.84. The van der Waals surface area contributed by atoms with E-state index in [2.05, 4.69) is 53.6 Å². The summed E-state index contributed by atoms with van der Waals surface area (Å²) in [6, 6.07) is 0. The standard InChI is InChI=1S/C15H27N5O/c1-5-7-16-14-12(6-2)15(20-10-19-14)18-9-13(21)17-8-11(3)4/h10-11H,5-9H2,1-4H3,(H,17,21)(H2,16,18,19,20). The second kappa shape index (κ2) is 9.15. The third-order valence-corrected chi connectivity index (χ3v) is 2.97. The summed E-state index contributed by atoms with van der Waals surface area (Å²) in [6.07, 6.45) is 3.36. The zero-order chi connectivity index (χ0) is 15.7. The maximum atomic E-state index is 11.7. The van der Waals surface area contributed by atoms with Gasteiger partial charge in [-0.15, -0.1) is 0 Å².